The minimum absolute atomic E-state index is 0.134. The second kappa shape index (κ2) is 5.53. The molecule has 7 heteroatoms. The van der Waals surface area contributed by atoms with Gasteiger partial charge in [0.2, 0.25) is 0 Å². The number of hydrogen-bond donors (Lipinski definition) is 2. The van der Waals surface area contributed by atoms with Crippen LogP contribution in [0.4, 0.5) is 10.9 Å². The van der Waals surface area contributed by atoms with Gasteiger partial charge in [0.1, 0.15) is 10.7 Å². The maximum Gasteiger partial charge on any atom is 0.265 e. The number of nitrogens with one attached hydrogen (secondary N) is 1. The van der Waals surface area contributed by atoms with E-state index in [1.54, 1.807) is 0 Å². The van der Waals surface area contributed by atoms with Crippen molar-refractivity contribution in [3.63, 3.8) is 0 Å². The highest BCUT2D eigenvalue weighted by atomic mass is 32.1. The number of rotatable bonds is 3. The van der Waals surface area contributed by atoms with Crippen molar-refractivity contribution < 1.29 is 9.53 Å². The molecule has 0 spiro atoms. The fraction of sp³-hybridized carbons (Fsp3) is 0.636. The van der Waals surface area contributed by atoms with E-state index in [4.69, 9.17) is 10.5 Å². The molecule has 0 aromatic carbocycles. The van der Waals surface area contributed by atoms with Gasteiger partial charge in [-0.3, -0.25) is 4.79 Å². The molecule has 18 heavy (non-hydrogen) atoms. The van der Waals surface area contributed by atoms with Crippen molar-refractivity contribution in [1.82, 2.24) is 10.3 Å². The Morgan fingerprint density at radius 3 is 2.72 bits per heavy atom. The van der Waals surface area contributed by atoms with E-state index in [2.05, 4.69) is 10.3 Å². The van der Waals surface area contributed by atoms with Crippen molar-refractivity contribution in [1.29, 1.82) is 0 Å². The van der Waals surface area contributed by atoms with Gasteiger partial charge in [0.05, 0.1) is 0 Å². The van der Waals surface area contributed by atoms with Crippen molar-refractivity contribution >= 4 is 28.2 Å². The van der Waals surface area contributed by atoms with Crippen LogP contribution in [0.5, 0.6) is 0 Å². The summed E-state index contributed by atoms with van der Waals surface area (Å²) in [4.78, 5) is 18.6. The van der Waals surface area contributed by atoms with Crippen LogP contribution < -0.4 is 16.0 Å². The van der Waals surface area contributed by atoms with Gasteiger partial charge < -0.3 is 20.7 Å². The predicted octanol–water partition coefficient (Wildman–Crippen LogP) is 0.700. The van der Waals surface area contributed by atoms with Gasteiger partial charge in [-0.25, -0.2) is 4.98 Å². The highest BCUT2D eigenvalue weighted by Gasteiger charge is 2.21. The lowest BCUT2D eigenvalue weighted by molar-refractivity contribution is 0.0698. The molecule has 2 rings (SSSR count). The summed E-state index contributed by atoms with van der Waals surface area (Å²) in [5.74, 6) is 0.165. The lowest BCUT2D eigenvalue weighted by atomic mass is 10.1. The Morgan fingerprint density at radius 2 is 2.17 bits per heavy atom. The lowest BCUT2D eigenvalue weighted by Gasteiger charge is -2.22. The first kappa shape index (κ1) is 13.1. The monoisotopic (exact) mass is 270 g/mol. The molecule has 0 radical (unpaired) electrons. The van der Waals surface area contributed by atoms with E-state index in [-0.39, 0.29) is 11.9 Å². The predicted molar refractivity (Wildman–Crippen MR) is 72.2 cm³/mol. The molecule has 3 N–H and O–H groups in total. The third-order valence-corrected chi connectivity index (χ3v) is 4.03. The fourth-order valence-electron chi connectivity index (χ4n) is 1.77. The van der Waals surface area contributed by atoms with E-state index in [9.17, 15) is 4.79 Å². The third-order valence-electron chi connectivity index (χ3n) is 2.79. The number of aromatic nitrogens is 1. The van der Waals surface area contributed by atoms with Crippen molar-refractivity contribution in [3.05, 3.63) is 4.88 Å². The summed E-state index contributed by atoms with van der Waals surface area (Å²) in [7, 11) is 3.75. The van der Waals surface area contributed by atoms with E-state index in [0.717, 1.165) is 18.0 Å². The van der Waals surface area contributed by atoms with Crippen LogP contribution in [0, 0.1) is 0 Å². The number of carbonyl (C=O) groups excluding carboxylic acids is 1. The van der Waals surface area contributed by atoms with Crippen molar-refractivity contribution in [3.8, 4) is 0 Å². The van der Waals surface area contributed by atoms with Gasteiger partial charge in [0.25, 0.3) is 5.91 Å². The number of thiazole rings is 1. The number of carbonyl (C=O) groups is 1. The van der Waals surface area contributed by atoms with Crippen LogP contribution in [0.2, 0.25) is 0 Å². The molecular formula is C11H18N4O2S. The summed E-state index contributed by atoms with van der Waals surface area (Å²) >= 11 is 1.31. The van der Waals surface area contributed by atoms with E-state index < -0.39 is 0 Å². The van der Waals surface area contributed by atoms with Gasteiger partial charge in [0.15, 0.2) is 5.13 Å². The van der Waals surface area contributed by atoms with E-state index >= 15 is 0 Å². The lowest BCUT2D eigenvalue weighted by Crippen LogP contribution is -2.38. The van der Waals surface area contributed by atoms with Crippen molar-refractivity contribution in [2.45, 2.75) is 18.9 Å². The third kappa shape index (κ3) is 2.91. The minimum atomic E-state index is -0.134. The van der Waals surface area contributed by atoms with Crippen LogP contribution in [0.25, 0.3) is 0 Å². The summed E-state index contributed by atoms with van der Waals surface area (Å²) in [6, 6.07) is 0.176. The average molecular weight is 270 g/mol. The Labute approximate surface area is 110 Å². The molecule has 0 aliphatic carbocycles. The molecule has 1 amide bonds. The standard InChI is InChI=1S/C11H18N4O2S/c1-15(2)11-14-9(12)8(18-11)10(16)13-7-3-5-17-6-4-7/h7H,3-6,12H2,1-2H3,(H,13,16). The number of nitrogens with two attached hydrogens (primary N) is 1. The largest absolute Gasteiger partial charge is 0.382 e. The van der Waals surface area contributed by atoms with Crippen LogP contribution in [0.3, 0.4) is 0 Å². The number of nitrogens with zero attached hydrogens (tertiary/aromatic N) is 2. The molecule has 2 heterocycles. The average Bonchev–Trinajstić information content (AvgIpc) is 2.73. The number of anilines is 2. The summed E-state index contributed by atoms with van der Waals surface area (Å²) in [5.41, 5.74) is 5.77. The number of hydrogen-bond acceptors (Lipinski definition) is 6. The van der Waals surface area contributed by atoms with Crippen LogP contribution in [-0.2, 0) is 4.74 Å². The first-order chi connectivity index (χ1) is 8.58. The molecule has 100 valence electrons. The molecule has 0 bridgehead atoms. The Morgan fingerprint density at radius 1 is 1.50 bits per heavy atom. The van der Waals surface area contributed by atoms with Gasteiger partial charge in [-0.15, -0.1) is 0 Å². The number of ether oxygens (including phenoxy) is 1. The van der Waals surface area contributed by atoms with Crippen molar-refractivity contribution in [2.24, 2.45) is 0 Å². The summed E-state index contributed by atoms with van der Waals surface area (Å²) < 4.78 is 5.25. The van der Waals surface area contributed by atoms with Crippen LogP contribution in [0.1, 0.15) is 22.5 Å². The maximum absolute atomic E-state index is 12.1. The van der Waals surface area contributed by atoms with Gasteiger partial charge in [-0.05, 0) is 12.8 Å². The first-order valence-corrected chi connectivity index (χ1v) is 6.72. The Balaban J connectivity index is 2.03. The smallest absolute Gasteiger partial charge is 0.265 e. The summed E-state index contributed by atoms with van der Waals surface area (Å²) in [6.07, 6.45) is 1.70. The highest BCUT2D eigenvalue weighted by Crippen LogP contribution is 2.26. The Hall–Kier alpha value is -1.34. The SMILES string of the molecule is CN(C)c1nc(N)c(C(=O)NC2CCOCC2)s1. The highest BCUT2D eigenvalue weighted by molar-refractivity contribution is 7.18. The molecule has 6 nitrogen and oxygen atoms in total. The normalized spacial score (nSPS) is 16.6. The topological polar surface area (TPSA) is 80.5 Å². The molecule has 0 atom stereocenters. The van der Waals surface area contributed by atoms with Crippen LogP contribution >= 0.6 is 11.3 Å². The Kier molecular flexibility index (Phi) is 4.03. The molecule has 1 aromatic heterocycles. The van der Waals surface area contributed by atoms with Crippen LogP contribution in [0.15, 0.2) is 0 Å². The zero-order valence-corrected chi connectivity index (χ0v) is 11.4. The molecule has 1 saturated heterocycles. The Bertz CT molecular complexity index is 427. The van der Waals surface area contributed by atoms with E-state index in [0.29, 0.717) is 23.9 Å². The molecule has 0 unspecified atom stereocenters. The van der Waals surface area contributed by atoms with Gasteiger partial charge in [-0.2, -0.15) is 0 Å². The molecular weight excluding hydrogens is 252 g/mol. The van der Waals surface area contributed by atoms with Crippen molar-refractivity contribution in [2.75, 3.05) is 37.9 Å². The quantitative estimate of drug-likeness (QED) is 0.845. The van der Waals surface area contributed by atoms with Gasteiger partial charge >= 0.3 is 0 Å². The first-order valence-electron chi connectivity index (χ1n) is 5.90. The second-order valence-corrected chi connectivity index (χ2v) is 5.44. The number of amides is 1. The van der Waals surface area contributed by atoms with E-state index in [1.165, 1.54) is 11.3 Å². The molecule has 1 aliphatic heterocycles. The molecule has 1 fully saturated rings. The summed E-state index contributed by atoms with van der Waals surface area (Å²) in [6.45, 7) is 1.40. The minimum Gasteiger partial charge on any atom is -0.382 e. The van der Waals surface area contributed by atoms with E-state index in [1.807, 2.05) is 19.0 Å². The molecule has 0 saturated carbocycles. The van der Waals surface area contributed by atoms with Crippen LogP contribution in [-0.4, -0.2) is 44.2 Å². The maximum atomic E-state index is 12.1. The number of nitrogen functional groups attached to an aromatic ring is 1. The zero-order valence-electron chi connectivity index (χ0n) is 10.6. The van der Waals surface area contributed by atoms with Gasteiger partial charge in [0, 0.05) is 33.4 Å². The zero-order chi connectivity index (χ0) is 13.1. The summed E-state index contributed by atoms with van der Waals surface area (Å²) in [5, 5.41) is 3.72. The van der Waals surface area contributed by atoms with Gasteiger partial charge in [-0.1, -0.05) is 11.3 Å². The molecule has 1 aromatic rings. The second-order valence-electron chi connectivity index (χ2n) is 4.47. The molecule has 1 aliphatic rings. The fourth-order valence-corrected chi connectivity index (χ4v) is 2.58.